The Hall–Kier alpha value is -0.600. The Kier molecular flexibility index (Phi) is 3.90. The number of hydrogen-bond donors (Lipinski definition) is 2. The number of hydrogen-bond acceptors (Lipinski definition) is 2. The summed E-state index contributed by atoms with van der Waals surface area (Å²) in [6, 6.07) is 0. The summed E-state index contributed by atoms with van der Waals surface area (Å²) in [4.78, 5) is 0. The summed E-state index contributed by atoms with van der Waals surface area (Å²) in [5.74, 6) is 0.613. The molecule has 0 bridgehead atoms. The van der Waals surface area contributed by atoms with Gasteiger partial charge in [-0.1, -0.05) is 25.2 Å². The molecule has 3 atom stereocenters. The smallest absolute Gasteiger partial charge is 0.0618 e. The van der Waals surface area contributed by atoms with Crippen LogP contribution in [0.5, 0.6) is 0 Å². The molecule has 2 nitrogen and oxygen atoms in total. The van der Waals surface area contributed by atoms with Crippen molar-refractivity contribution >= 4 is 0 Å². The standard InChI is InChI=1S/C12H20O2/c1-8-4-5-12(10(3)14)9(2)11(8)6-7-13/h6,9-10,12-14H,1,4-5,7H2,2-3H3/b11-6-/t9-,10?,12+/m0/s1. The second-order valence-corrected chi connectivity index (χ2v) is 4.18. The monoisotopic (exact) mass is 196 g/mol. The summed E-state index contributed by atoms with van der Waals surface area (Å²) in [6.07, 6.45) is 3.48. The van der Waals surface area contributed by atoms with Crippen molar-refractivity contribution in [3.05, 3.63) is 23.8 Å². The predicted octanol–water partition coefficient (Wildman–Crippen LogP) is 1.89. The van der Waals surface area contributed by atoms with E-state index in [1.165, 1.54) is 0 Å². The molecule has 0 aromatic heterocycles. The SMILES string of the molecule is C=C1CC[C@@H](C(C)O)[C@@H](C)/C1=C\CO. The lowest BCUT2D eigenvalue weighted by Gasteiger charge is -2.34. The number of aliphatic hydroxyl groups excluding tert-OH is 2. The summed E-state index contributed by atoms with van der Waals surface area (Å²) in [7, 11) is 0. The molecule has 0 amide bonds. The molecule has 1 aliphatic carbocycles. The van der Waals surface area contributed by atoms with Crippen molar-refractivity contribution in [2.75, 3.05) is 6.61 Å². The van der Waals surface area contributed by atoms with Gasteiger partial charge in [0.2, 0.25) is 0 Å². The van der Waals surface area contributed by atoms with Crippen LogP contribution in [-0.4, -0.2) is 22.9 Å². The van der Waals surface area contributed by atoms with Crippen LogP contribution < -0.4 is 0 Å². The molecule has 1 saturated carbocycles. The lowest BCUT2D eigenvalue weighted by atomic mass is 9.72. The summed E-state index contributed by atoms with van der Waals surface area (Å²) in [6.45, 7) is 8.00. The first kappa shape index (κ1) is 11.5. The van der Waals surface area contributed by atoms with Crippen molar-refractivity contribution in [2.45, 2.75) is 32.8 Å². The van der Waals surface area contributed by atoms with E-state index in [2.05, 4.69) is 13.5 Å². The van der Waals surface area contributed by atoms with E-state index in [9.17, 15) is 5.11 Å². The Morgan fingerprint density at radius 1 is 1.64 bits per heavy atom. The third kappa shape index (κ3) is 2.25. The van der Waals surface area contributed by atoms with E-state index in [-0.39, 0.29) is 12.7 Å². The largest absolute Gasteiger partial charge is 0.393 e. The third-order valence-electron chi connectivity index (χ3n) is 3.25. The van der Waals surface area contributed by atoms with Gasteiger partial charge >= 0.3 is 0 Å². The molecular formula is C12H20O2. The van der Waals surface area contributed by atoms with Crippen LogP contribution in [0.4, 0.5) is 0 Å². The van der Waals surface area contributed by atoms with Crippen LogP contribution in [0, 0.1) is 11.8 Å². The van der Waals surface area contributed by atoms with E-state index in [4.69, 9.17) is 5.11 Å². The third-order valence-corrected chi connectivity index (χ3v) is 3.25. The van der Waals surface area contributed by atoms with Crippen molar-refractivity contribution in [3.8, 4) is 0 Å². The van der Waals surface area contributed by atoms with E-state index < -0.39 is 0 Å². The maximum atomic E-state index is 9.60. The fourth-order valence-electron chi connectivity index (χ4n) is 2.38. The lowest BCUT2D eigenvalue weighted by Crippen LogP contribution is -2.29. The van der Waals surface area contributed by atoms with Gasteiger partial charge in [0.05, 0.1) is 12.7 Å². The fourth-order valence-corrected chi connectivity index (χ4v) is 2.38. The number of aliphatic hydroxyl groups is 2. The lowest BCUT2D eigenvalue weighted by molar-refractivity contribution is 0.0913. The molecule has 0 radical (unpaired) electrons. The molecule has 1 fully saturated rings. The first-order valence-corrected chi connectivity index (χ1v) is 5.25. The van der Waals surface area contributed by atoms with E-state index in [1.54, 1.807) is 0 Å². The zero-order valence-electron chi connectivity index (χ0n) is 9.03. The van der Waals surface area contributed by atoms with Crippen molar-refractivity contribution in [2.24, 2.45) is 11.8 Å². The average Bonchev–Trinajstić information content (AvgIpc) is 2.11. The molecule has 1 aliphatic rings. The molecule has 2 N–H and O–H groups in total. The second kappa shape index (κ2) is 4.76. The molecule has 14 heavy (non-hydrogen) atoms. The molecule has 0 aliphatic heterocycles. The van der Waals surface area contributed by atoms with Gasteiger partial charge < -0.3 is 10.2 Å². The highest BCUT2D eigenvalue weighted by molar-refractivity contribution is 5.33. The summed E-state index contributed by atoms with van der Waals surface area (Å²) in [5.41, 5.74) is 2.24. The summed E-state index contributed by atoms with van der Waals surface area (Å²) in [5, 5.41) is 18.5. The summed E-state index contributed by atoms with van der Waals surface area (Å²) < 4.78 is 0. The first-order chi connectivity index (χ1) is 6.57. The van der Waals surface area contributed by atoms with Gasteiger partial charge in [-0.15, -0.1) is 0 Å². The Balaban J connectivity index is 2.83. The van der Waals surface area contributed by atoms with Crippen LogP contribution in [0.1, 0.15) is 26.7 Å². The molecule has 0 aromatic rings. The minimum Gasteiger partial charge on any atom is -0.393 e. The topological polar surface area (TPSA) is 40.5 Å². The molecule has 2 heteroatoms. The van der Waals surface area contributed by atoms with E-state index in [1.807, 2.05) is 13.0 Å². The van der Waals surface area contributed by atoms with Gasteiger partial charge in [0.15, 0.2) is 0 Å². The Labute approximate surface area is 86.0 Å². The van der Waals surface area contributed by atoms with Gasteiger partial charge in [0, 0.05) is 0 Å². The highest BCUT2D eigenvalue weighted by atomic mass is 16.3. The van der Waals surface area contributed by atoms with E-state index >= 15 is 0 Å². The molecule has 0 saturated heterocycles. The van der Waals surface area contributed by atoms with Crippen LogP contribution in [-0.2, 0) is 0 Å². The molecular weight excluding hydrogens is 176 g/mol. The molecule has 80 valence electrons. The van der Waals surface area contributed by atoms with Crippen LogP contribution in [0.15, 0.2) is 23.8 Å². The van der Waals surface area contributed by atoms with Crippen LogP contribution in [0.2, 0.25) is 0 Å². The Morgan fingerprint density at radius 2 is 2.29 bits per heavy atom. The van der Waals surface area contributed by atoms with E-state index in [0.29, 0.717) is 11.8 Å². The van der Waals surface area contributed by atoms with Crippen LogP contribution in [0.25, 0.3) is 0 Å². The highest BCUT2D eigenvalue weighted by Gasteiger charge is 2.30. The molecule has 1 rings (SSSR count). The highest BCUT2D eigenvalue weighted by Crippen LogP contribution is 2.38. The quantitative estimate of drug-likeness (QED) is 0.708. The van der Waals surface area contributed by atoms with Gasteiger partial charge in [-0.05, 0) is 37.2 Å². The molecule has 0 heterocycles. The predicted molar refractivity (Wildman–Crippen MR) is 57.9 cm³/mol. The minimum atomic E-state index is -0.278. The van der Waals surface area contributed by atoms with Crippen molar-refractivity contribution in [1.82, 2.24) is 0 Å². The second-order valence-electron chi connectivity index (χ2n) is 4.18. The Bertz CT molecular complexity index is 241. The zero-order valence-corrected chi connectivity index (χ0v) is 9.03. The van der Waals surface area contributed by atoms with Gasteiger partial charge in [-0.2, -0.15) is 0 Å². The molecule has 0 spiro atoms. The fraction of sp³-hybridized carbons (Fsp3) is 0.667. The normalized spacial score (nSPS) is 33.4. The maximum Gasteiger partial charge on any atom is 0.0618 e. The Morgan fingerprint density at radius 3 is 2.79 bits per heavy atom. The molecule has 0 aromatic carbocycles. The minimum absolute atomic E-state index is 0.0607. The van der Waals surface area contributed by atoms with Crippen LogP contribution >= 0.6 is 0 Å². The average molecular weight is 196 g/mol. The van der Waals surface area contributed by atoms with Crippen molar-refractivity contribution < 1.29 is 10.2 Å². The van der Waals surface area contributed by atoms with Gasteiger partial charge in [-0.25, -0.2) is 0 Å². The first-order valence-electron chi connectivity index (χ1n) is 5.25. The number of allylic oxidation sites excluding steroid dienone is 2. The maximum absolute atomic E-state index is 9.60. The summed E-state index contributed by atoms with van der Waals surface area (Å²) >= 11 is 0. The van der Waals surface area contributed by atoms with Gasteiger partial charge in [0.1, 0.15) is 0 Å². The van der Waals surface area contributed by atoms with E-state index in [0.717, 1.165) is 24.0 Å². The van der Waals surface area contributed by atoms with Crippen molar-refractivity contribution in [1.29, 1.82) is 0 Å². The van der Waals surface area contributed by atoms with Gasteiger partial charge in [0.25, 0.3) is 0 Å². The van der Waals surface area contributed by atoms with Gasteiger partial charge in [-0.3, -0.25) is 0 Å². The number of rotatable bonds is 2. The van der Waals surface area contributed by atoms with Crippen LogP contribution in [0.3, 0.4) is 0 Å². The van der Waals surface area contributed by atoms with Crippen molar-refractivity contribution in [3.63, 3.8) is 0 Å². The zero-order chi connectivity index (χ0) is 10.7. The molecule has 1 unspecified atom stereocenters.